The Morgan fingerprint density at radius 3 is 2.00 bits per heavy atom. The minimum absolute atomic E-state index is 0.292. The molecular weight excluding hydrogens is 184 g/mol. The van der Waals surface area contributed by atoms with Crippen LogP contribution in [0.1, 0.15) is 5.56 Å². The number of aromatic hydroxyl groups is 1. The van der Waals surface area contributed by atoms with Gasteiger partial charge in [-0.25, -0.2) is 0 Å². The Morgan fingerprint density at radius 1 is 1.25 bits per heavy atom. The second-order valence-electron chi connectivity index (χ2n) is 2.20. The molecule has 2 nitrogen and oxygen atoms in total. The molecule has 0 fully saturated rings. The molecule has 0 aliphatic heterocycles. The van der Waals surface area contributed by atoms with Crippen LogP contribution in [0.25, 0.3) is 6.08 Å². The van der Waals surface area contributed by atoms with Crippen LogP contribution < -0.4 is 0 Å². The summed E-state index contributed by atoms with van der Waals surface area (Å²) < 4.78 is 4.53. The summed E-state index contributed by atoms with van der Waals surface area (Å²) in [5.41, 5.74) is 1.02. The summed E-state index contributed by atoms with van der Waals surface area (Å²) in [5, 5.41) is 8.82. The molecule has 0 amide bonds. The van der Waals surface area contributed by atoms with Crippen LogP contribution in [0, 0.1) is 0 Å². The van der Waals surface area contributed by atoms with Crippen LogP contribution in [0.5, 0.6) is 5.75 Å². The summed E-state index contributed by atoms with van der Waals surface area (Å²) >= 11 is 0. The first kappa shape index (κ1) is 11.2. The Balaban J connectivity index is 0.000000354. The molecule has 0 unspecified atom stereocenters. The van der Waals surface area contributed by atoms with Gasteiger partial charge in [0.05, 0.1) is 0 Å². The molecule has 4 heteroatoms. The summed E-state index contributed by atoms with van der Waals surface area (Å²) in [6, 6.07) is 6.89. The van der Waals surface area contributed by atoms with E-state index in [-0.39, 0.29) is 0 Å². The minimum Gasteiger partial charge on any atom is -0.508 e. The standard InChI is InChI=1S/C8H8O.H6OSi2/c1-2-7-3-5-8(9)6-4-7;2-1-3/h2-6,9H,1H2;2-3H3. The lowest BCUT2D eigenvalue weighted by Crippen LogP contribution is -1.67. The Kier molecular flexibility index (Phi) is 6.36. The van der Waals surface area contributed by atoms with Crippen molar-refractivity contribution < 1.29 is 9.22 Å². The number of rotatable bonds is 1. The van der Waals surface area contributed by atoms with Crippen LogP contribution in [0.3, 0.4) is 0 Å². The first-order chi connectivity index (χ1) is 5.74. The molecule has 0 aliphatic rings. The van der Waals surface area contributed by atoms with Crippen molar-refractivity contribution in [3.63, 3.8) is 0 Å². The highest BCUT2D eigenvalue weighted by Gasteiger charge is 1.84. The van der Waals surface area contributed by atoms with Gasteiger partial charge in [0.2, 0.25) is 0 Å². The summed E-state index contributed by atoms with van der Waals surface area (Å²) in [6.07, 6.45) is 1.74. The van der Waals surface area contributed by atoms with E-state index in [1.807, 2.05) is 12.1 Å². The predicted molar refractivity (Wildman–Crippen MR) is 59.2 cm³/mol. The highest BCUT2D eigenvalue weighted by Crippen LogP contribution is 2.09. The van der Waals surface area contributed by atoms with Crippen molar-refractivity contribution in [2.75, 3.05) is 0 Å². The van der Waals surface area contributed by atoms with Gasteiger partial charge in [-0.15, -0.1) is 0 Å². The third-order valence-electron chi connectivity index (χ3n) is 1.13. The van der Waals surface area contributed by atoms with E-state index in [2.05, 4.69) is 10.7 Å². The van der Waals surface area contributed by atoms with Crippen LogP contribution in [0.15, 0.2) is 30.8 Å². The lowest BCUT2D eigenvalue weighted by molar-refractivity contribution is 0.475. The second-order valence-corrected chi connectivity index (χ2v) is 5.47. The van der Waals surface area contributed by atoms with E-state index in [1.54, 1.807) is 18.2 Å². The van der Waals surface area contributed by atoms with E-state index < -0.39 is 0 Å². The molecule has 12 heavy (non-hydrogen) atoms. The Morgan fingerprint density at radius 2 is 1.67 bits per heavy atom. The number of benzene rings is 1. The van der Waals surface area contributed by atoms with Gasteiger partial charge in [0.1, 0.15) is 26.7 Å². The average molecular weight is 198 g/mol. The van der Waals surface area contributed by atoms with Gasteiger partial charge in [0.15, 0.2) is 0 Å². The molecule has 0 saturated heterocycles. The first-order valence-electron chi connectivity index (χ1n) is 3.56. The van der Waals surface area contributed by atoms with Gasteiger partial charge in [-0.2, -0.15) is 0 Å². The molecule has 0 radical (unpaired) electrons. The zero-order valence-electron chi connectivity index (χ0n) is 7.45. The normalized spacial score (nSPS) is 8.67. The van der Waals surface area contributed by atoms with Crippen molar-refractivity contribution in [1.29, 1.82) is 0 Å². The van der Waals surface area contributed by atoms with Crippen LogP contribution in [0.4, 0.5) is 0 Å². The molecule has 0 heterocycles. The quantitative estimate of drug-likeness (QED) is 0.622. The highest BCUT2D eigenvalue weighted by molar-refractivity contribution is 6.15. The maximum Gasteiger partial charge on any atom is 0.129 e. The highest BCUT2D eigenvalue weighted by atomic mass is 28.3. The number of phenols is 1. The topological polar surface area (TPSA) is 29.5 Å². The van der Waals surface area contributed by atoms with Gasteiger partial charge in [-0.3, -0.25) is 0 Å². The average Bonchev–Trinajstić information content (AvgIpc) is 2.07. The molecule has 1 rings (SSSR count). The van der Waals surface area contributed by atoms with Crippen LogP contribution >= 0.6 is 0 Å². The largest absolute Gasteiger partial charge is 0.508 e. The molecule has 0 spiro atoms. The Hall–Kier alpha value is -0.846. The molecule has 0 bridgehead atoms. The summed E-state index contributed by atoms with van der Waals surface area (Å²) in [7, 11) is 1.86. The molecule has 66 valence electrons. The maximum atomic E-state index is 8.82. The second kappa shape index (κ2) is 6.84. The number of hydrogen-bond acceptors (Lipinski definition) is 2. The van der Waals surface area contributed by atoms with Crippen molar-refractivity contribution in [2.24, 2.45) is 0 Å². The van der Waals surface area contributed by atoms with Gasteiger partial charge >= 0.3 is 0 Å². The minimum atomic E-state index is 0.292. The summed E-state index contributed by atoms with van der Waals surface area (Å²) in [5.74, 6) is 0.292. The molecule has 1 N–H and O–H groups in total. The van der Waals surface area contributed by atoms with E-state index >= 15 is 0 Å². The van der Waals surface area contributed by atoms with E-state index in [4.69, 9.17) is 5.11 Å². The molecule has 0 saturated carbocycles. The zero-order chi connectivity index (χ0) is 9.40. The van der Waals surface area contributed by atoms with Crippen molar-refractivity contribution in [3.05, 3.63) is 36.4 Å². The van der Waals surface area contributed by atoms with Gasteiger partial charge in [-0.05, 0) is 17.7 Å². The predicted octanol–water partition coefficient (Wildman–Crippen LogP) is -0.401. The summed E-state index contributed by atoms with van der Waals surface area (Å²) in [4.78, 5) is 0. The van der Waals surface area contributed by atoms with Crippen molar-refractivity contribution in [2.45, 2.75) is 0 Å². The van der Waals surface area contributed by atoms with Crippen LogP contribution in [0.2, 0.25) is 0 Å². The van der Waals surface area contributed by atoms with Gasteiger partial charge < -0.3 is 9.22 Å². The smallest absolute Gasteiger partial charge is 0.129 e. The lowest BCUT2D eigenvalue weighted by atomic mass is 10.2. The number of phenolic OH excluding ortho intramolecular Hbond substituents is 1. The maximum absolute atomic E-state index is 8.82. The van der Waals surface area contributed by atoms with E-state index in [0.717, 1.165) is 26.5 Å². The SMILES string of the molecule is C=Cc1ccc(O)cc1.[SiH3]O[SiH3]. The van der Waals surface area contributed by atoms with Gasteiger partial charge in [0, 0.05) is 0 Å². The van der Waals surface area contributed by atoms with E-state index in [1.165, 1.54) is 0 Å². The Labute approximate surface area is 79.0 Å². The number of hydrogen-bond donors (Lipinski definition) is 1. The van der Waals surface area contributed by atoms with E-state index in [0.29, 0.717) is 5.75 Å². The first-order valence-corrected chi connectivity index (χ1v) is 5.19. The third kappa shape index (κ3) is 4.89. The fourth-order valence-corrected chi connectivity index (χ4v) is 0.610. The molecule has 1 aromatic carbocycles. The molecule has 0 aliphatic carbocycles. The lowest BCUT2D eigenvalue weighted by Gasteiger charge is -1.90. The van der Waals surface area contributed by atoms with Gasteiger partial charge in [-0.1, -0.05) is 24.8 Å². The van der Waals surface area contributed by atoms with E-state index in [9.17, 15) is 0 Å². The van der Waals surface area contributed by atoms with Crippen molar-refractivity contribution in [3.8, 4) is 5.75 Å². The molecular formula is C8H14O2Si2. The van der Waals surface area contributed by atoms with Crippen LogP contribution in [-0.4, -0.2) is 26.1 Å². The molecule has 0 aromatic heterocycles. The van der Waals surface area contributed by atoms with Crippen molar-refractivity contribution >= 4 is 27.0 Å². The fraction of sp³-hybridized carbons (Fsp3) is 0. The summed E-state index contributed by atoms with van der Waals surface area (Å²) in [6.45, 7) is 3.58. The van der Waals surface area contributed by atoms with Gasteiger partial charge in [0.25, 0.3) is 0 Å². The van der Waals surface area contributed by atoms with Crippen LogP contribution in [-0.2, 0) is 4.12 Å². The Bertz CT molecular complexity index is 221. The van der Waals surface area contributed by atoms with Crippen molar-refractivity contribution in [1.82, 2.24) is 0 Å². The third-order valence-corrected chi connectivity index (χ3v) is 1.13. The molecule has 0 atom stereocenters. The monoisotopic (exact) mass is 198 g/mol. The molecule has 1 aromatic rings. The zero-order valence-corrected chi connectivity index (χ0v) is 11.4. The fourth-order valence-electron chi connectivity index (χ4n) is 0.610.